The van der Waals surface area contributed by atoms with Crippen LogP contribution < -0.4 is 5.32 Å². The monoisotopic (exact) mass is 510 g/mol. The average molecular weight is 511 g/mol. The molecular formula is C28H34N2O5S. The van der Waals surface area contributed by atoms with E-state index in [-0.39, 0.29) is 6.61 Å². The molecule has 36 heavy (non-hydrogen) atoms. The van der Waals surface area contributed by atoms with Gasteiger partial charge in [0, 0.05) is 4.88 Å². The van der Waals surface area contributed by atoms with Crippen molar-refractivity contribution in [1.29, 1.82) is 0 Å². The minimum absolute atomic E-state index is 0.238. The van der Waals surface area contributed by atoms with Crippen LogP contribution in [0, 0.1) is 0 Å². The van der Waals surface area contributed by atoms with Gasteiger partial charge < -0.3 is 10.1 Å². The maximum absolute atomic E-state index is 13.3. The zero-order chi connectivity index (χ0) is 25.7. The molecule has 7 nitrogen and oxygen atoms in total. The second-order valence-corrected chi connectivity index (χ2v) is 10.6. The van der Waals surface area contributed by atoms with E-state index < -0.39 is 29.7 Å². The molecule has 8 heteroatoms. The summed E-state index contributed by atoms with van der Waals surface area (Å²) in [5.41, 5.74) is 2.00. The Labute approximate surface area is 216 Å². The highest BCUT2D eigenvalue weighted by molar-refractivity contribution is 7.17. The van der Waals surface area contributed by atoms with Gasteiger partial charge in [-0.3, -0.25) is 19.3 Å². The van der Waals surface area contributed by atoms with Crippen LogP contribution in [0.2, 0.25) is 0 Å². The molecule has 1 N–H and O–H groups in total. The van der Waals surface area contributed by atoms with E-state index in [1.54, 1.807) is 31.2 Å². The summed E-state index contributed by atoms with van der Waals surface area (Å²) in [4.78, 5) is 54.2. The largest absolute Gasteiger partial charge is 0.462 e. The molecule has 2 heterocycles. The Morgan fingerprint density at radius 3 is 2.08 bits per heavy atom. The van der Waals surface area contributed by atoms with Crippen molar-refractivity contribution in [3.63, 3.8) is 0 Å². The Kier molecular flexibility index (Phi) is 8.56. The number of hydrogen-bond donors (Lipinski definition) is 1. The van der Waals surface area contributed by atoms with Gasteiger partial charge in [-0.05, 0) is 57.2 Å². The van der Waals surface area contributed by atoms with Gasteiger partial charge in [0.1, 0.15) is 11.0 Å². The van der Waals surface area contributed by atoms with Crippen LogP contribution in [0.1, 0.15) is 107 Å². The maximum Gasteiger partial charge on any atom is 0.341 e. The number of carbonyl (C=O) groups is 4. The van der Waals surface area contributed by atoms with Crippen LogP contribution in [0.4, 0.5) is 5.00 Å². The van der Waals surface area contributed by atoms with Crippen molar-refractivity contribution in [3.8, 4) is 0 Å². The number of ether oxygens (including phenoxy) is 1. The molecule has 1 atom stereocenters. The lowest BCUT2D eigenvalue weighted by atomic mass is 9.97. The average Bonchev–Trinajstić information content (AvgIpc) is 3.32. The van der Waals surface area contributed by atoms with Crippen molar-refractivity contribution in [1.82, 2.24) is 4.90 Å². The third kappa shape index (κ3) is 5.38. The van der Waals surface area contributed by atoms with Crippen molar-refractivity contribution in [3.05, 3.63) is 51.4 Å². The molecule has 4 rings (SSSR count). The quantitative estimate of drug-likeness (QED) is 0.407. The van der Waals surface area contributed by atoms with Crippen molar-refractivity contribution in [2.45, 2.75) is 84.1 Å². The van der Waals surface area contributed by atoms with E-state index in [4.69, 9.17) is 4.74 Å². The molecule has 1 aliphatic carbocycles. The van der Waals surface area contributed by atoms with Crippen LogP contribution >= 0.6 is 11.3 Å². The van der Waals surface area contributed by atoms with E-state index >= 15 is 0 Å². The number of benzene rings is 1. The van der Waals surface area contributed by atoms with E-state index in [0.717, 1.165) is 53.9 Å². The number of carbonyl (C=O) groups excluding carboxylic acids is 4. The highest BCUT2D eigenvalue weighted by Gasteiger charge is 2.41. The predicted molar refractivity (Wildman–Crippen MR) is 140 cm³/mol. The lowest BCUT2D eigenvalue weighted by molar-refractivity contribution is -0.119. The lowest BCUT2D eigenvalue weighted by Gasteiger charge is -2.21. The first-order chi connectivity index (χ1) is 17.4. The van der Waals surface area contributed by atoms with Gasteiger partial charge in [0.05, 0.1) is 23.3 Å². The Hall–Kier alpha value is -3.00. The Balaban J connectivity index is 1.61. The van der Waals surface area contributed by atoms with Gasteiger partial charge in [0.2, 0.25) is 5.91 Å². The fourth-order valence-corrected chi connectivity index (χ4v) is 6.31. The van der Waals surface area contributed by atoms with Gasteiger partial charge in [-0.25, -0.2) is 4.79 Å². The van der Waals surface area contributed by atoms with E-state index in [2.05, 4.69) is 5.32 Å². The smallest absolute Gasteiger partial charge is 0.341 e. The Morgan fingerprint density at radius 2 is 1.50 bits per heavy atom. The second-order valence-electron chi connectivity index (χ2n) is 9.45. The molecule has 1 aromatic heterocycles. The van der Waals surface area contributed by atoms with Crippen molar-refractivity contribution < 1.29 is 23.9 Å². The molecule has 0 fully saturated rings. The number of rotatable bonds is 5. The number of anilines is 1. The van der Waals surface area contributed by atoms with Crippen molar-refractivity contribution >= 4 is 40.0 Å². The van der Waals surface area contributed by atoms with Gasteiger partial charge in [0.15, 0.2) is 0 Å². The summed E-state index contributed by atoms with van der Waals surface area (Å²) in [6.07, 6.45) is 10.8. The maximum atomic E-state index is 13.3. The minimum Gasteiger partial charge on any atom is -0.462 e. The summed E-state index contributed by atoms with van der Waals surface area (Å²) in [7, 11) is 0. The second kappa shape index (κ2) is 11.8. The fourth-order valence-electron chi connectivity index (χ4n) is 5.03. The number of amides is 3. The summed E-state index contributed by atoms with van der Waals surface area (Å²) in [5, 5.41) is 3.33. The highest BCUT2D eigenvalue weighted by Crippen LogP contribution is 2.37. The first kappa shape index (κ1) is 26.1. The number of thiophene rings is 1. The van der Waals surface area contributed by atoms with Crippen LogP contribution in [-0.2, 0) is 22.4 Å². The molecule has 1 aliphatic heterocycles. The first-order valence-electron chi connectivity index (χ1n) is 13.0. The van der Waals surface area contributed by atoms with E-state index in [0.29, 0.717) is 21.7 Å². The summed E-state index contributed by atoms with van der Waals surface area (Å²) in [6.45, 7) is 3.54. The molecule has 0 saturated carbocycles. The van der Waals surface area contributed by atoms with E-state index in [1.807, 2.05) is 0 Å². The summed E-state index contributed by atoms with van der Waals surface area (Å²) < 4.78 is 5.38. The number of nitrogens with one attached hydrogen (secondary N) is 1. The molecule has 1 aromatic carbocycles. The molecule has 0 radical (unpaired) electrons. The van der Waals surface area contributed by atoms with Gasteiger partial charge in [-0.2, -0.15) is 0 Å². The number of imide groups is 1. The first-order valence-corrected chi connectivity index (χ1v) is 13.8. The molecule has 192 valence electrons. The zero-order valence-electron chi connectivity index (χ0n) is 21.1. The van der Waals surface area contributed by atoms with Gasteiger partial charge in [-0.1, -0.05) is 50.7 Å². The molecule has 0 bridgehead atoms. The lowest BCUT2D eigenvalue weighted by Crippen LogP contribution is -2.45. The molecule has 0 saturated heterocycles. The van der Waals surface area contributed by atoms with Crippen LogP contribution in [-0.4, -0.2) is 41.2 Å². The number of nitrogens with zero attached hydrogens (tertiary/aromatic N) is 1. The predicted octanol–water partition coefficient (Wildman–Crippen LogP) is 5.77. The third-order valence-electron chi connectivity index (χ3n) is 6.98. The molecule has 2 aromatic rings. The van der Waals surface area contributed by atoms with Gasteiger partial charge in [0.25, 0.3) is 11.8 Å². The topological polar surface area (TPSA) is 92.8 Å². The standard InChI is InChI=1S/C28H34N2O5S/c1-3-35-28(34)23-21-16-10-8-6-4-5-7-9-11-17-22(21)36-25(23)29-24(31)18(2)30-26(32)19-14-12-13-15-20(19)27(30)33/h12-15,18H,3-11,16-17H2,1-2H3,(H,29,31)/t18-/m1/s1. The highest BCUT2D eigenvalue weighted by atomic mass is 32.1. The van der Waals surface area contributed by atoms with Crippen LogP contribution in [0.25, 0.3) is 0 Å². The van der Waals surface area contributed by atoms with Gasteiger partial charge in [-0.15, -0.1) is 11.3 Å². The third-order valence-corrected chi connectivity index (χ3v) is 8.19. The van der Waals surface area contributed by atoms with Crippen molar-refractivity contribution in [2.75, 3.05) is 11.9 Å². The van der Waals surface area contributed by atoms with Crippen LogP contribution in [0.15, 0.2) is 24.3 Å². The van der Waals surface area contributed by atoms with Crippen molar-refractivity contribution in [2.24, 2.45) is 0 Å². The molecular weight excluding hydrogens is 476 g/mol. The SMILES string of the molecule is CCOC(=O)c1c(NC(=O)[C@@H](C)N2C(=O)c3ccccc3C2=O)sc2c1CCCCCCCCCC2. The molecule has 3 amide bonds. The molecule has 0 spiro atoms. The minimum atomic E-state index is -1.03. The Bertz CT molecular complexity index is 1120. The zero-order valence-corrected chi connectivity index (χ0v) is 21.9. The number of aryl methyl sites for hydroxylation is 1. The normalized spacial score (nSPS) is 17.4. The van der Waals surface area contributed by atoms with Gasteiger partial charge >= 0.3 is 5.97 Å². The summed E-state index contributed by atoms with van der Waals surface area (Å²) in [6, 6.07) is 5.54. The van der Waals surface area contributed by atoms with Crippen LogP contribution in [0.5, 0.6) is 0 Å². The number of hydrogen-bond acceptors (Lipinski definition) is 6. The van der Waals surface area contributed by atoms with Crippen LogP contribution in [0.3, 0.4) is 0 Å². The summed E-state index contributed by atoms with van der Waals surface area (Å²) >= 11 is 1.42. The molecule has 2 aliphatic rings. The number of esters is 1. The molecule has 0 unspecified atom stereocenters. The van der Waals surface area contributed by atoms with E-state index in [9.17, 15) is 19.2 Å². The Morgan fingerprint density at radius 1 is 0.944 bits per heavy atom. The fraction of sp³-hybridized carbons (Fsp3) is 0.500. The van der Waals surface area contributed by atoms with E-state index in [1.165, 1.54) is 43.9 Å². The number of fused-ring (bicyclic) bond motifs is 2. The summed E-state index contributed by atoms with van der Waals surface area (Å²) in [5.74, 6) is -1.91.